The van der Waals surface area contributed by atoms with Gasteiger partial charge in [-0.15, -0.1) is 11.3 Å². The van der Waals surface area contributed by atoms with Gasteiger partial charge in [0.25, 0.3) is 10.0 Å². The number of thiophene rings is 1. The van der Waals surface area contributed by atoms with Crippen molar-refractivity contribution in [2.24, 2.45) is 0 Å². The molecule has 0 fully saturated rings. The maximum absolute atomic E-state index is 13.5. The van der Waals surface area contributed by atoms with Crippen molar-refractivity contribution in [3.8, 4) is 33.8 Å². The molecule has 0 radical (unpaired) electrons. The van der Waals surface area contributed by atoms with Gasteiger partial charge in [-0.1, -0.05) is 0 Å². The zero-order valence-electron chi connectivity index (χ0n) is 15.7. The van der Waals surface area contributed by atoms with Gasteiger partial charge in [0.1, 0.15) is 36.5 Å². The van der Waals surface area contributed by atoms with E-state index in [1.165, 1.54) is 27.8 Å². The second kappa shape index (κ2) is 7.23. The molecule has 1 aromatic heterocycles. The van der Waals surface area contributed by atoms with E-state index in [0.29, 0.717) is 41.0 Å². The molecule has 9 heteroatoms. The summed E-state index contributed by atoms with van der Waals surface area (Å²) in [6, 6.07) is 15.8. The Labute approximate surface area is 177 Å². The minimum Gasteiger partial charge on any atom is -0.489 e. The number of nitriles is 1. The second-order valence-corrected chi connectivity index (χ2v) is 9.64. The number of anilines is 1. The van der Waals surface area contributed by atoms with Gasteiger partial charge in [-0.05, 0) is 48.0 Å². The van der Waals surface area contributed by atoms with E-state index in [4.69, 9.17) is 19.5 Å². The molecular formula is C21H16N2O5S2. The first-order valence-corrected chi connectivity index (χ1v) is 11.5. The van der Waals surface area contributed by atoms with E-state index in [1.807, 2.05) is 12.1 Å². The number of hydrogen-bond acceptors (Lipinski definition) is 7. The Balaban J connectivity index is 1.56. The second-order valence-electron chi connectivity index (χ2n) is 6.69. The van der Waals surface area contributed by atoms with Crippen LogP contribution in [-0.4, -0.2) is 34.8 Å². The Bertz CT molecular complexity index is 1280. The molecule has 0 saturated carbocycles. The summed E-state index contributed by atoms with van der Waals surface area (Å²) in [6.45, 7) is 1.27. The standard InChI is InChI=1S/C21H16N2O5S2/c22-13-15-2-6-21(29-15)14-1-4-18-17(11-14)23(7-8-26-18)30(24,25)16-3-5-19-20(12-16)28-10-9-27-19/h1-6,11-12H,7-10H2. The highest BCUT2D eigenvalue weighted by molar-refractivity contribution is 7.92. The Morgan fingerprint density at radius 1 is 0.900 bits per heavy atom. The molecule has 0 atom stereocenters. The molecule has 152 valence electrons. The fourth-order valence-electron chi connectivity index (χ4n) is 3.46. The minimum atomic E-state index is -3.84. The molecule has 0 saturated heterocycles. The third-order valence-corrected chi connectivity index (χ3v) is 7.73. The van der Waals surface area contributed by atoms with Crippen LogP contribution >= 0.6 is 11.3 Å². The van der Waals surface area contributed by atoms with Crippen molar-refractivity contribution in [3.05, 3.63) is 53.4 Å². The molecule has 3 aromatic rings. The van der Waals surface area contributed by atoms with Gasteiger partial charge in [-0.25, -0.2) is 8.42 Å². The molecule has 0 amide bonds. The van der Waals surface area contributed by atoms with Gasteiger partial charge in [0, 0.05) is 10.9 Å². The van der Waals surface area contributed by atoms with Crippen LogP contribution in [0, 0.1) is 11.3 Å². The third-order valence-electron chi connectivity index (χ3n) is 4.88. The van der Waals surface area contributed by atoms with Crippen LogP contribution in [0.25, 0.3) is 10.4 Å². The van der Waals surface area contributed by atoms with Gasteiger partial charge < -0.3 is 14.2 Å². The molecule has 2 aromatic carbocycles. The lowest BCUT2D eigenvalue weighted by molar-refractivity contribution is 0.171. The summed E-state index contributed by atoms with van der Waals surface area (Å²) in [6.07, 6.45) is 0. The number of sulfonamides is 1. The van der Waals surface area contributed by atoms with Gasteiger partial charge in [-0.2, -0.15) is 5.26 Å². The molecule has 3 heterocycles. The first kappa shape index (κ1) is 18.8. The highest BCUT2D eigenvalue weighted by atomic mass is 32.2. The van der Waals surface area contributed by atoms with Crippen LogP contribution in [0.2, 0.25) is 0 Å². The predicted molar refractivity (Wildman–Crippen MR) is 112 cm³/mol. The van der Waals surface area contributed by atoms with Crippen LogP contribution in [0.1, 0.15) is 4.88 Å². The fraction of sp³-hybridized carbons (Fsp3) is 0.190. The lowest BCUT2D eigenvalue weighted by Crippen LogP contribution is -2.38. The molecule has 30 heavy (non-hydrogen) atoms. The number of rotatable bonds is 3. The van der Waals surface area contributed by atoms with E-state index in [0.717, 1.165) is 10.4 Å². The van der Waals surface area contributed by atoms with Gasteiger partial charge in [0.05, 0.1) is 17.1 Å². The monoisotopic (exact) mass is 440 g/mol. The highest BCUT2D eigenvalue weighted by Crippen LogP contribution is 2.41. The van der Waals surface area contributed by atoms with E-state index in [-0.39, 0.29) is 18.0 Å². The van der Waals surface area contributed by atoms with Crippen LogP contribution in [0.5, 0.6) is 17.2 Å². The molecule has 2 aliphatic heterocycles. The van der Waals surface area contributed by atoms with Crippen LogP contribution in [-0.2, 0) is 10.0 Å². The maximum atomic E-state index is 13.5. The number of fused-ring (bicyclic) bond motifs is 2. The van der Waals surface area contributed by atoms with Crippen molar-refractivity contribution in [2.75, 3.05) is 30.7 Å². The quantitative estimate of drug-likeness (QED) is 0.618. The normalized spacial score (nSPS) is 15.1. The van der Waals surface area contributed by atoms with Crippen molar-refractivity contribution in [3.63, 3.8) is 0 Å². The summed E-state index contributed by atoms with van der Waals surface area (Å²) < 4.78 is 45.0. The number of nitrogens with zero attached hydrogens (tertiary/aromatic N) is 2. The van der Waals surface area contributed by atoms with Crippen molar-refractivity contribution >= 4 is 27.0 Å². The van der Waals surface area contributed by atoms with E-state index in [2.05, 4.69) is 6.07 Å². The van der Waals surface area contributed by atoms with Crippen molar-refractivity contribution < 1.29 is 22.6 Å². The van der Waals surface area contributed by atoms with E-state index < -0.39 is 10.0 Å². The molecule has 0 N–H and O–H groups in total. The number of ether oxygens (including phenoxy) is 3. The first-order chi connectivity index (χ1) is 14.6. The highest BCUT2D eigenvalue weighted by Gasteiger charge is 2.31. The smallest absolute Gasteiger partial charge is 0.264 e. The van der Waals surface area contributed by atoms with Crippen molar-refractivity contribution in [1.82, 2.24) is 0 Å². The molecule has 7 nitrogen and oxygen atoms in total. The van der Waals surface area contributed by atoms with Gasteiger partial charge in [-0.3, -0.25) is 4.31 Å². The van der Waals surface area contributed by atoms with E-state index >= 15 is 0 Å². The van der Waals surface area contributed by atoms with Crippen LogP contribution in [0.15, 0.2) is 53.4 Å². The Hall–Kier alpha value is -3.22. The van der Waals surface area contributed by atoms with Gasteiger partial charge in [0.15, 0.2) is 11.5 Å². The van der Waals surface area contributed by atoms with Crippen molar-refractivity contribution in [1.29, 1.82) is 5.26 Å². The lowest BCUT2D eigenvalue weighted by Gasteiger charge is -2.31. The molecule has 2 aliphatic rings. The first-order valence-electron chi connectivity index (χ1n) is 9.26. The molecule has 0 aliphatic carbocycles. The van der Waals surface area contributed by atoms with Crippen LogP contribution < -0.4 is 18.5 Å². The predicted octanol–water partition coefficient (Wildman–Crippen LogP) is 3.65. The fourth-order valence-corrected chi connectivity index (χ4v) is 5.73. The average Bonchev–Trinajstić information content (AvgIpc) is 3.27. The topological polar surface area (TPSA) is 88.9 Å². The minimum absolute atomic E-state index is 0.132. The van der Waals surface area contributed by atoms with Crippen LogP contribution in [0.3, 0.4) is 0 Å². The third kappa shape index (κ3) is 3.14. The summed E-state index contributed by atoms with van der Waals surface area (Å²) in [4.78, 5) is 1.62. The summed E-state index contributed by atoms with van der Waals surface area (Å²) >= 11 is 1.36. The SMILES string of the molecule is N#Cc1ccc(-c2ccc3c(c2)N(S(=O)(=O)c2ccc4c(c2)OCCO4)CCO3)s1. The van der Waals surface area contributed by atoms with E-state index in [1.54, 1.807) is 24.3 Å². The average molecular weight is 441 g/mol. The summed E-state index contributed by atoms with van der Waals surface area (Å²) in [7, 11) is -3.84. The molecule has 0 unspecified atom stereocenters. The largest absolute Gasteiger partial charge is 0.489 e. The Morgan fingerprint density at radius 3 is 2.47 bits per heavy atom. The van der Waals surface area contributed by atoms with Crippen LogP contribution in [0.4, 0.5) is 5.69 Å². The Kier molecular flexibility index (Phi) is 4.53. The Morgan fingerprint density at radius 2 is 1.67 bits per heavy atom. The molecule has 0 spiro atoms. The van der Waals surface area contributed by atoms with Crippen molar-refractivity contribution in [2.45, 2.75) is 4.90 Å². The lowest BCUT2D eigenvalue weighted by atomic mass is 10.1. The molecular weight excluding hydrogens is 424 g/mol. The maximum Gasteiger partial charge on any atom is 0.264 e. The van der Waals surface area contributed by atoms with Gasteiger partial charge >= 0.3 is 0 Å². The molecule has 0 bridgehead atoms. The summed E-state index contributed by atoms with van der Waals surface area (Å²) in [5.74, 6) is 1.46. The zero-order valence-corrected chi connectivity index (χ0v) is 17.3. The number of benzene rings is 2. The zero-order chi connectivity index (χ0) is 20.7. The summed E-state index contributed by atoms with van der Waals surface area (Å²) in [5.41, 5.74) is 1.30. The molecule has 5 rings (SSSR count). The van der Waals surface area contributed by atoms with E-state index in [9.17, 15) is 8.42 Å². The van der Waals surface area contributed by atoms with Gasteiger partial charge in [0.2, 0.25) is 0 Å². The summed E-state index contributed by atoms with van der Waals surface area (Å²) in [5, 5.41) is 9.08. The number of hydrogen-bond donors (Lipinski definition) is 0.